The van der Waals surface area contributed by atoms with Gasteiger partial charge in [0.1, 0.15) is 0 Å². The molecule has 0 aliphatic rings. The SMILES string of the molecule is c1ccc(-n2c3ccc(-c4ccc5c(c4)c4c6ccccc6ncc4n5-c4ccccc4)cc3c3c4ccccc4ncc32)cc1. The molecule has 0 N–H and O–H groups in total. The number of rotatable bonds is 3. The summed E-state index contributed by atoms with van der Waals surface area (Å²) in [6, 6.07) is 51.8. The van der Waals surface area contributed by atoms with Crippen LogP contribution in [0.5, 0.6) is 0 Å². The second kappa shape index (κ2) is 9.62. The largest absolute Gasteiger partial charge is 0.308 e. The van der Waals surface area contributed by atoms with Crippen molar-refractivity contribution in [3.05, 3.63) is 158 Å². The molecule has 0 aliphatic carbocycles. The number of nitrogens with zero attached hydrogens (tertiary/aromatic N) is 4. The highest BCUT2D eigenvalue weighted by molar-refractivity contribution is 6.22. The molecule has 0 saturated carbocycles. The molecule has 0 saturated heterocycles. The van der Waals surface area contributed by atoms with E-state index in [0.29, 0.717) is 0 Å². The smallest absolute Gasteiger partial charge is 0.0730 e. The van der Waals surface area contributed by atoms with Crippen molar-refractivity contribution < 1.29 is 0 Å². The van der Waals surface area contributed by atoms with Gasteiger partial charge in [-0.3, -0.25) is 9.97 Å². The molecule has 4 aromatic heterocycles. The third-order valence-electron chi connectivity index (χ3n) is 9.37. The van der Waals surface area contributed by atoms with Gasteiger partial charge < -0.3 is 9.13 Å². The van der Waals surface area contributed by atoms with Crippen LogP contribution in [0.2, 0.25) is 0 Å². The number of benzene rings is 6. The fraction of sp³-hybridized carbons (Fsp3) is 0. The number of pyridine rings is 2. The average Bonchev–Trinajstić information content (AvgIpc) is 3.65. The molecule has 0 atom stereocenters. The van der Waals surface area contributed by atoms with Crippen LogP contribution in [0, 0.1) is 0 Å². The summed E-state index contributed by atoms with van der Waals surface area (Å²) < 4.78 is 4.67. The van der Waals surface area contributed by atoms with Gasteiger partial charge in [0, 0.05) is 43.7 Å². The zero-order chi connectivity index (χ0) is 30.2. The van der Waals surface area contributed by atoms with Gasteiger partial charge >= 0.3 is 0 Å². The minimum Gasteiger partial charge on any atom is -0.308 e. The van der Waals surface area contributed by atoms with E-state index in [9.17, 15) is 0 Å². The predicted octanol–water partition coefficient (Wildman–Crippen LogP) is 10.6. The van der Waals surface area contributed by atoms with Gasteiger partial charge in [0.25, 0.3) is 0 Å². The maximum atomic E-state index is 4.86. The molecular formula is C42H26N4. The molecule has 4 heteroatoms. The molecule has 0 unspecified atom stereocenters. The zero-order valence-electron chi connectivity index (χ0n) is 24.8. The van der Waals surface area contributed by atoms with Crippen LogP contribution in [-0.2, 0) is 0 Å². The van der Waals surface area contributed by atoms with E-state index in [1.165, 1.54) is 43.7 Å². The molecule has 4 nitrogen and oxygen atoms in total. The molecule has 0 radical (unpaired) electrons. The van der Waals surface area contributed by atoms with E-state index in [0.717, 1.165) is 44.2 Å². The van der Waals surface area contributed by atoms with Crippen molar-refractivity contribution >= 4 is 65.4 Å². The van der Waals surface area contributed by atoms with Crippen molar-refractivity contribution in [2.24, 2.45) is 0 Å². The molecule has 10 rings (SSSR count). The summed E-state index contributed by atoms with van der Waals surface area (Å²) >= 11 is 0. The van der Waals surface area contributed by atoms with Gasteiger partial charge in [0.15, 0.2) is 0 Å². The van der Waals surface area contributed by atoms with Gasteiger partial charge in [-0.2, -0.15) is 0 Å². The summed E-state index contributed by atoms with van der Waals surface area (Å²) in [6.45, 7) is 0. The molecule has 6 aromatic carbocycles. The Labute approximate surface area is 264 Å². The van der Waals surface area contributed by atoms with Crippen molar-refractivity contribution in [3.63, 3.8) is 0 Å². The van der Waals surface area contributed by atoms with Crippen LogP contribution in [0.1, 0.15) is 0 Å². The van der Waals surface area contributed by atoms with E-state index in [1.807, 2.05) is 12.4 Å². The van der Waals surface area contributed by atoms with Crippen molar-refractivity contribution in [1.29, 1.82) is 0 Å². The van der Waals surface area contributed by atoms with Crippen molar-refractivity contribution in [2.45, 2.75) is 0 Å². The highest BCUT2D eigenvalue weighted by Gasteiger charge is 2.19. The molecule has 4 heterocycles. The van der Waals surface area contributed by atoms with Crippen molar-refractivity contribution in [2.75, 3.05) is 0 Å². The third kappa shape index (κ3) is 3.55. The zero-order valence-corrected chi connectivity index (χ0v) is 24.8. The van der Waals surface area contributed by atoms with E-state index in [2.05, 4.69) is 155 Å². The maximum absolute atomic E-state index is 4.86. The van der Waals surface area contributed by atoms with Crippen LogP contribution in [0.4, 0.5) is 0 Å². The summed E-state index contributed by atoms with van der Waals surface area (Å²) in [5.41, 5.74) is 11.2. The predicted molar refractivity (Wildman–Crippen MR) is 191 cm³/mol. The standard InChI is InChI=1S/C42H26N4/c1-3-11-29(12-4-1)45-37-21-19-27(23-33(37)41-31-15-7-9-17-35(31)43-25-39(41)45)28-20-22-38-34(24-28)42-32-16-8-10-18-36(32)44-26-40(42)46(38)30-13-5-2-6-14-30/h1-26H. The second-order valence-corrected chi connectivity index (χ2v) is 11.9. The van der Waals surface area contributed by atoms with Gasteiger partial charge in [-0.25, -0.2) is 0 Å². The number of hydrogen-bond acceptors (Lipinski definition) is 2. The van der Waals surface area contributed by atoms with Crippen LogP contribution in [-0.4, -0.2) is 19.1 Å². The first-order valence-electron chi connectivity index (χ1n) is 15.6. The van der Waals surface area contributed by atoms with Crippen LogP contribution in [0.3, 0.4) is 0 Å². The maximum Gasteiger partial charge on any atom is 0.0730 e. The number of hydrogen-bond donors (Lipinski definition) is 0. The highest BCUT2D eigenvalue weighted by atomic mass is 15.0. The topological polar surface area (TPSA) is 35.6 Å². The Morgan fingerprint density at radius 1 is 0.348 bits per heavy atom. The Balaban J connectivity index is 1.28. The van der Waals surface area contributed by atoms with E-state index < -0.39 is 0 Å². The monoisotopic (exact) mass is 586 g/mol. The van der Waals surface area contributed by atoms with Gasteiger partial charge in [-0.15, -0.1) is 0 Å². The van der Waals surface area contributed by atoms with Crippen LogP contribution < -0.4 is 0 Å². The van der Waals surface area contributed by atoms with Gasteiger partial charge in [-0.05, 0) is 71.8 Å². The van der Waals surface area contributed by atoms with Crippen LogP contribution in [0.15, 0.2) is 158 Å². The van der Waals surface area contributed by atoms with Crippen molar-refractivity contribution in [1.82, 2.24) is 19.1 Å². The molecule has 0 amide bonds. The molecular weight excluding hydrogens is 560 g/mol. The molecule has 10 aromatic rings. The second-order valence-electron chi connectivity index (χ2n) is 11.9. The lowest BCUT2D eigenvalue weighted by atomic mass is 9.99. The van der Waals surface area contributed by atoms with Crippen LogP contribution in [0.25, 0.3) is 87.9 Å². The van der Waals surface area contributed by atoms with Gasteiger partial charge in [0.2, 0.25) is 0 Å². The molecule has 0 fully saturated rings. The first kappa shape index (κ1) is 25.1. The number of aromatic nitrogens is 4. The molecule has 0 bridgehead atoms. The molecule has 0 aliphatic heterocycles. The quantitative estimate of drug-likeness (QED) is 0.206. The summed E-state index contributed by atoms with van der Waals surface area (Å²) in [7, 11) is 0. The molecule has 46 heavy (non-hydrogen) atoms. The first-order valence-corrected chi connectivity index (χ1v) is 15.6. The van der Waals surface area contributed by atoms with Crippen LogP contribution >= 0.6 is 0 Å². The number of para-hydroxylation sites is 4. The molecule has 214 valence electrons. The van der Waals surface area contributed by atoms with Gasteiger partial charge in [-0.1, -0.05) is 84.9 Å². The minimum absolute atomic E-state index is 1.00. The van der Waals surface area contributed by atoms with E-state index >= 15 is 0 Å². The highest BCUT2D eigenvalue weighted by Crippen LogP contribution is 2.41. The lowest BCUT2D eigenvalue weighted by molar-refractivity contribution is 1.17. The summed E-state index contributed by atoms with van der Waals surface area (Å²) in [5.74, 6) is 0. The lowest BCUT2D eigenvalue weighted by Crippen LogP contribution is -1.94. The summed E-state index contributed by atoms with van der Waals surface area (Å²) in [5, 5.41) is 7.22. The Hall–Kier alpha value is -6.26. The van der Waals surface area contributed by atoms with E-state index in [-0.39, 0.29) is 0 Å². The fourth-order valence-corrected chi connectivity index (χ4v) is 7.36. The Morgan fingerprint density at radius 3 is 1.22 bits per heavy atom. The summed E-state index contributed by atoms with van der Waals surface area (Å²) in [4.78, 5) is 9.72. The Bertz CT molecular complexity index is 2600. The average molecular weight is 587 g/mol. The minimum atomic E-state index is 1.00. The molecule has 0 spiro atoms. The lowest BCUT2D eigenvalue weighted by Gasteiger charge is -2.09. The third-order valence-corrected chi connectivity index (χ3v) is 9.37. The van der Waals surface area contributed by atoms with Gasteiger partial charge in [0.05, 0.1) is 45.5 Å². The first-order chi connectivity index (χ1) is 22.8. The number of fused-ring (bicyclic) bond motifs is 10. The van der Waals surface area contributed by atoms with E-state index in [4.69, 9.17) is 9.97 Å². The normalized spacial score (nSPS) is 11.9. The fourth-order valence-electron chi connectivity index (χ4n) is 7.36. The van der Waals surface area contributed by atoms with Crippen molar-refractivity contribution in [3.8, 4) is 22.5 Å². The Morgan fingerprint density at radius 2 is 0.761 bits per heavy atom. The van der Waals surface area contributed by atoms with E-state index in [1.54, 1.807) is 0 Å². The summed E-state index contributed by atoms with van der Waals surface area (Å²) in [6.07, 6.45) is 4.04. The Kier molecular flexibility index (Phi) is 5.25.